The van der Waals surface area contributed by atoms with E-state index in [4.69, 9.17) is 0 Å². The van der Waals surface area contributed by atoms with Gasteiger partial charge in [0, 0.05) is 42.8 Å². The number of halogens is 1. The molecule has 0 saturated carbocycles. The van der Waals surface area contributed by atoms with Crippen molar-refractivity contribution in [1.29, 1.82) is 0 Å². The van der Waals surface area contributed by atoms with E-state index in [-0.39, 0.29) is 5.82 Å². The monoisotopic (exact) mass is 348 g/mol. The molecule has 0 fully saturated rings. The van der Waals surface area contributed by atoms with Gasteiger partial charge in [-0.05, 0) is 42.0 Å². The van der Waals surface area contributed by atoms with Gasteiger partial charge in [0.25, 0.3) is 0 Å². The summed E-state index contributed by atoms with van der Waals surface area (Å²) >= 11 is 0. The maximum absolute atomic E-state index is 13.2. The maximum atomic E-state index is 13.2. The first-order chi connectivity index (χ1) is 12.8. The molecule has 130 valence electrons. The van der Waals surface area contributed by atoms with Crippen LogP contribution in [0.2, 0.25) is 0 Å². The Kier molecular flexibility index (Phi) is 4.42. The van der Waals surface area contributed by atoms with Crippen molar-refractivity contribution in [3.8, 4) is 22.4 Å². The van der Waals surface area contributed by atoms with Gasteiger partial charge in [0.05, 0.1) is 18.2 Å². The molecule has 1 aromatic carbocycles. The third-order valence-electron chi connectivity index (χ3n) is 4.08. The van der Waals surface area contributed by atoms with Crippen LogP contribution in [-0.4, -0.2) is 31.3 Å². The zero-order valence-electron chi connectivity index (χ0n) is 13.9. The summed E-state index contributed by atoms with van der Waals surface area (Å²) in [4.78, 5) is 8.39. The number of aromatic nitrogens is 5. The number of hydrogen-bond donors (Lipinski definition) is 2. The van der Waals surface area contributed by atoms with Crippen molar-refractivity contribution < 1.29 is 4.39 Å². The van der Waals surface area contributed by atoms with E-state index in [0.717, 1.165) is 41.3 Å². The largest absolute Gasteiger partial charge is 0.368 e. The van der Waals surface area contributed by atoms with E-state index in [1.807, 2.05) is 22.9 Å². The number of hydrogen-bond acceptors (Lipinski definition) is 4. The lowest BCUT2D eigenvalue weighted by Crippen LogP contribution is -2.10. The number of imidazole rings is 1. The van der Waals surface area contributed by atoms with Crippen LogP contribution in [0, 0.1) is 5.82 Å². The van der Waals surface area contributed by atoms with Crippen LogP contribution in [-0.2, 0) is 6.54 Å². The summed E-state index contributed by atoms with van der Waals surface area (Å²) in [6.07, 6.45) is 8.99. The summed E-state index contributed by atoms with van der Waals surface area (Å²) in [5.41, 5.74) is 3.65. The second kappa shape index (κ2) is 7.18. The molecule has 7 heteroatoms. The third-order valence-corrected chi connectivity index (χ3v) is 4.08. The number of nitrogens with one attached hydrogen (secondary N) is 2. The molecule has 6 nitrogen and oxygen atoms in total. The Balaban J connectivity index is 1.53. The molecule has 4 rings (SSSR count). The molecule has 0 aliphatic heterocycles. The Morgan fingerprint density at radius 3 is 2.77 bits per heavy atom. The number of pyridine rings is 1. The molecule has 4 aromatic rings. The van der Waals surface area contributed by atoms with Crippen LogP contribution in [0.4, 0.5) is 10.2 Å². The number of benzene rings is 1. The fourth-order valence-corrected chi connectivity index (χ4v) is 2.77. The standard InChI is InChI=1S/C19H17FN6/c20-16-3-1-14(2-4-16)19-17(12-24-25-19)15-5-6-22-18(11-15)23-8-10-26-9-7-21-13-26/h1-7,9,11-13H,8,10H2,(H,22,23)(H,24,25). The molecule has 3 heterocycles. The summed E-state index contributed by atoms with van der Waals surface area (Å²) in [5, 5.41) is 10.5. The molecule has 0 radical (unpaired) electrons. The minimum Gasteiger partial charge on any atom is -0.368 e. The van der Waals surface area contributed by atoms with E-state index in [0.29, 0.717) is 0 Å². The first-order valence-electron chi connectivity index (χ1n) is 8.25. The van der Waals surface area contributed by atoms with Crippen LogP contribution in [0.1, 0.15) is 0 Å². The zero-order chi connectivity index (χ0) is 17.8. The Bertz CT molecular complexity index is 975. The van der Waals surface area contributed by atoms with Crippen molar-refractivity contribution in [1.82, 2.24) is 24.7 Å². The van der Waals surface area contributed by atoms with Gasteiger partial charge in [0.2, 0.25) is 0 Å². The van der Waals surface area contributed by atoms with E-state index in [9.17, 15) is 4.39 Å². The van der Waals surface area contributed by atoms with Crippen molar-refractivity contribution in [3.63, 3.8) is 0 Å². The summed E-state index contributed by atoms with van der Waals surface area (Å²) in [6, 6.07) is 10.3. The van der Waals surface area contributed by atoms with E-state index in [1.165, 1.54) is 12.1 Å². The maximum Gasteiger partial charge on any atom is 0.126 e. The van der Waals surface area contributed by atoms with Gasteiger partial charge >= 0.3 is 0 Å². The fourth-order valence-electron chi connectivity index (χ4n) is 2.77. The van der Waals surface area contributed by atoms with Crippen LogP contribution in [0.25, 0.3) is 22.4 Å². The summed E-state index contributed by atoms with van der Waals surface area (Å²) in [5.74, 6) is 0.525. The quantitative estimate of drug-likeness (QED) is 0.559. The second-order valence-electron chi connectivity index (χ2n) is 5.82. The van der Waals surface area contributed by atoms with E-state index in [1.54, 1.807) is 37.1 Å². The predicted octanol–water partition coefficient (Wildman–Crippen LogP) is 3.59. The fraction of sp³-hybridized carbons (Fsp3) is 0.105. The highest BCUT2D eigenvalue weighted by Gasteiger charge is 2.11. The molecule has 0 aliphatic rings. The highest BCUT2D eigenvalue weighted by molar-refractivity contribution is 5.81. The van der Waals surface area contributed by atoms with Gasteiger partial charge in [-0.25, -0.2) is 14.4 Å². The number of nitrogens with zero attached hydrogens (tertiary/aromatic N) is 4. The van der Waals surface area contributed by atoms with Crippen LogP contribution in [0.15, 0.2) is 67.5 Å². The van der Waals surface area contributed by atoms with Crippen molar-refractivity contribution in [3.05, 3.63) is 73.3 Å². The molecule has 0 spiro atoms. The molecular formula is C19H17FN6. The van der Waals surface area contributed by atoms with Gasteiger partial charge in [0.15, 0.2) is 0 Å². The molecule has 0 bridgehead atoms. The lowest BCUT2D eigenvalue weighted by molar-refractivity contribution is 0.628. The Hall–Kier alpha value is -3.48. The first-order valence-corrected chi connectivity index (χ1v) is 8.25. The molecule has 2 N–H and O–H groups in total. The second-order valence-corrected chi connectivity index (χ2v) is 5.82. The van der Waals surface area contributed by atoms with Crippen LogP contribution in [0.5, 0.6) is 0 Å². The molecule has 3 aromatic heterocycles. The summed E-state index contributed by atoms with van der Waals surface area (Å²) in [6.45, 7) is 1.54. The van der Waals surface area contributed by atoms with Crippen LogP contribution >= 0.6 is 0 Å². The molecule has 0 atom stereocenters. The molecule has 26 heavy (non-hydrogen) atoms. The summed E-state index contributed by atoms with van der Waals surface area (Å²) < 4.78 is 15.2. The minimum absolute atomic E-state index is 0.261. The van der Waals surface area contributed by atoms with E-state index in [2.05, 4.69) is 25.5 Å². The highest BCUT2D eigenvalue weighted by atomic mass is 19.1. The summed E-state index contributed by atoms with van der Waals surface area (Å²) in [7, 11) is 0. The van der Waals surface area contributed by atoms with Gasteiger partial charge in [-0.2, -0.15) is 5.10 Å². The van der Waals surface area contributed by atoms with Crippen molar-refractivity contribution in [2.45, 2.75) is 6.54 Å². The van der Waals surface area contributed by atoms with E-state index >= 15 is 0 Å². The average molecular weight is 348 g/mol. The number of rotatable bonds is 6. The van der Waals surface area contributed by atoms with Gasteiger partial charge < -0.3 is 9.88 Å². The van der Waals surface area contributed by atoms with Crippen molar-refractivity contribution >= 4 is 5.82 Å². The molecule has 0 amide bonds. The lowest BCUT2D eigenvalue weighted by atomic mass is 10.0. The Labute approximate surface area is 149 Å². The first kappa shape index (κ1) is 16.0. The SMILES string of the molecule is Fc1ccc(-c2[nH]ncc2-c2ccnc(NCCn3ccnc3)c2)cc1. The van der Waals surface area contributed by atoms with Gasteiger partial charge in [0.1, 0.15) is 11.6 Å². The number of H-pyrrole nitrogens is 1. The van der Waals surface area contributed by atoms with Crippen molar-refractivity contribution in [2.75, 3.05) is 11.9 Å². The van der Waals surface area contributed by atoms with Crippen LogP contribution in [0.3, 0.4) is 0 Å². The minimum atomic E-state index is -0.261. The Morgan fingerprint density at radius 1 is 1.08 bits per heavy atom. The van der Waals surface area contributed by atoms with Gasteiger partial charge in [-0.1, -0.05) is 0 Å². The smallest absolute Gasteiger partial charge is 0.126 e. The average Bonchev–Trinajstić information content (AvgIpc) is 3.34. The third kappa shape index (κ3) is 3.46. The van der Waals surface area contributed by atoms with E-state index < -0.39 is 0 Å². The van der Waals surface area contributed by atoms with Crippen molar-refractivity contribution in [2.24, 2.45) is 0 Å². The zero-order valence-corrected chi connectivity index (χ0v) is 13.9. The molecule has 0 aliphatic carbocycles. The van der Waals surface area contributed by atoms with Gasteiger partial charge in [-0.15, -0.1) is 0 Å². The lowest BCUT2D eigenvalue weighted by Gasteiger charge is -2.08. The van der Waals surface area contributed by atoms with Gasteiger partial charge in [-0.3, -0.25) is 5.10 Å². The van der Waals surface area contributed by atoms with Crippen LogP contribution < -0.4 is 5.32 Å². The predicted molar refractivity (Wildman–Crippen MR) is 97.9 cm³/mol. The highest BCUT2D eigenvalue weighted by Crippen LogP contribution is 2.30. The Morgan fingerprint density at radius 2 is 1.96 bits per heavy atom. The normalized spacial score (nSPS) is 10.8. The number of aromatic amines is 1. The molecule has 0 unspecified atom stereocenters. The molecule has 0 saturated heterocycles. The topological polar surface area (TPSA) is 71.4 Å². The number of anilines is 1. The molecular weight excluding hydrogens is 331 g/mol.